The van der Waals surface area contributed by atoms with E-state index in [1.54, 1.807) is 0 Å². The second-order valence-corrected chi connectivity index (χ2v) is 3.84. The van der Waals surface area contributed by atoms with Crippen LogP contribution in [0.5, 0.6) is 0 Å². The Bertz CT molecular complexity index is 106. The lowest BCUT2D eigenvalue weighted by Crippen LogP contribution is -2.26. The standard InChI is InChI=1S/C8H15N.2C2H6/c9-7-1-3-8(4-2-7)5-6-8;2*1-2/h7H,1-6,9H2;2*1-2H3. The molecule has 2 rings (SSSR count). The quantitative estimate of drug-likeness (QED) is 0.611. The summed E-state index contributed by atoms with van der Waals surface area (Å²) in [5.41, 5.74) is 6.61. The third-order valence-electron chi connectivity index (χ3n) is 3.05. The Hall–Kier alpha value is -0.0400. The van der Waals surface area contributed by atoms with E-state index < -0.39 is 0 Å². The maximum absolute atomic E-state index is 5.78. The van der Waals surface area contributed by atoms with E-state index in [2.05, 4.69) is 0 Å². The van der Waals surface area contributed by atoms with E-state index in [4.69, 9.17) is 5.73 Å². The van der Waals surface area contributed by atoms with E-state index >= 15 is 0 Å². The SMILES string of the molecule is CC.CC.NC1CCC2(CC1)CC2. The summed E-state index contributed by atoms with van der Waals surface area (Å²) in [6, 6.07) is 0.538. The predicted molar refractivity (Wildman–Crippen MR) is 60.8 cm³/mol. The van der Waals surface area contributed by atoms with Crippen LogP contribution in [0.2, 0.25) is 0 Å². The van der Waals surface area contributed by atoms with Gasteiger partial charge in [0.2, 0.25) is 0 Å². The average Bonchev–Trinajstić information content (AvgIpc) is 2.98. The number of rotatable bonds is 0. The second kappa shape index (κ2) is 6.42. The molecule has 2 aliphatic rings. The van der Waals surface area contributed by atoms with Gasteiger partial charge in [-0.2, -0.15) is 0 Å². The summed E-state index contributed by atoms with van der Waals surface area (Å²) >= 11 is 0. The molecule has 0 aromatic rings. The maximum atomic E-state index is 5.78. The molecule has 0 aromatic heterocycles. The fourth-order valence-corrected chi connectivity index (χ4v) is 1.93. The molecule has 80 valence electrons. The Morgan fingerprint density at radius 3 is 1.54 bits per heavy atom. The zero-order valence-electron chi connectivity index (χ0n) is 9.90. The first-order chi connectivity index (χ1) is 6.31. The molecule has 2 aliphatic carbocycles. The topological polar surface area (TPSA) is 26.0 Å². The van der Waals surface area contributed by atoms with Crippen molar-refractivity contribution in [1.82, 2.24) is 0 Å². The van der Waals surface area contributed by atoms with Gasteiger partial charge in [-0.3, -0.25) is 0 Å². The Balaban J connectivity index is 0.000000322. The fourth-order valence-electron chi connectivity index (χ4n) is 1.93. The molecule has 0 aromatic carbocycles. The molecule has 1 nitrogen and oxygen atoms in total. The van der Waals surface area contributed by atoms with Crippen molar-refractivity contribution in [2.75, 3.05) is 0 Å². The summed E-state index contributed by atoms with van der Waals surface area (Å²) in [4.78, 5) is 0. The van der Waals surface area contributed by atoms with Crippen LogP contribution < -0.4 is 5.73 Å². The first kappa shape index (κ1) is 13.0. The van der Waals surface area contributed by atoms with Crippen molar-refractivity contribution >= 4 is 0 Å². The van der Waals surface area contributed by atoms with Gasteiger partial charge >= 0.3 is 0 Å². The molecule has 0 saturated heterocycles. The van der Waals surface area contributed by atoms with E-state index in [0.717, 1.165) is 5.41 Å². The van der Waals surface area contributed by atoms with E-state index in [-0.39, 0.29) is 0 Å². The van der Waals surface area contributed by atoms with Crippen molar-refractivity contribution in [2.24, 2.45) is 11.1 Å². The highest BCUT2D eigenvalue weighted by Crippen LogP contribution is 2.55. The summed E-state index contributed by atoms with van der Waals surface area (Å²) in [6.45, 7) is 8.00. The van der Waals surface area contributed by atoms with Gasteiger partial charge in [-0.25, -0.2) is 0 Å². The summed E-state index contributed by atoms with van der Waals surface area (Å²) in [6.07, 6.45) is 8.43. The minimum atomic E-state index is 0.538. The second-order valence-electron chi connectivity index (χ2n) is 3.84. The molecule has 0 aliphatic heterocycles. The minimum Gasteiger partial charge on any atom is -0.328 e. The predicted octanol–water partition coefficient (Wildman–Crippen LogP) is 3.72. The Morgan fingerprint density at radius 2 is 1.23 bits per heavy atom. The Kier molecular flexibility index (Phi) is 6.40. The molecule has 2 fully saturated rings. The summed E-state index contributed by atoms with van der Waals surface area (Å²) in [7, 11) is 0. The van der Waals surface area contributed by atoms with Gasteiger partial charge in [0.05, 0.1) is 0 Å². The van der Waals surface area contributed by atoms with Crippen LogP contribution in [0.4, 0.5) is 0 Å². The molecule has 13 heavy (non-hydrogen) atoms. The van der Waals surface area contributed by atoms with Gasteiger partial charge in [-0.1, -0.05) is 27.7 Å². The fraction of sp³-hybridized carbons (Fsp3) is 1.00. The molecule has 1 spiro atoms. The van der Waals surface area contributed by atoms with Crippen molar-refractivity contribution in [3.8, 4) is 0 Å². The zero-order chi connectivity index (χ0) is 10.3. The van der Waals surface area contributed by atoms with Gasteiger partial charge in [0.15, 0.2) is 0 Å². The average molecular weight is 185 g/mol. The van der Waals surface area contributed by atoms with Gasteiger partial charge in [0.1, 0.15) is 0 Å². The highest BCUT2D eigenvalue weighted by molar-refractivity contribution is 4.96. The maximum Gasteiger partial charge on any atom is 0.00392 e. The molecule has 0 radical (unpaired) electrons. The molecule has 0 heterocycles. The van der Waals surface area contributed by atoms with Crippen LogP contribution in [0.1, 0.15) is 66.2 Å². The normalized spacial score (nSPS) is 23.8. The van der Waals surface area contributed by atoms with Crippen molar-refractivity contribution < 1.29 is 0 Å². The lowest BCUT2D eigenvalue weighted by molar-refractivity contribution is 0.306. The molecule has 0 bridgehead atoms. The minimum absolute atomic E-state index is 0.538. The van der Waals surface area contributed by atoms with Gasteiger partial charge < -0.3 is 5.73 Å². The van der Waals surface area contributed by atoms with E-state index in [1.807, 2.05) is 27.7 Å². The Morgan fingerprint density at radius 1 is 0.846 bits per heavy atom. The first-order valence-electron chi connectivity index (χ1n) is 6.06. The van der Waals surface area contributed by atoms with Crippen molar-refractivity contribution in [1.29, 1.82) is 0 Å². The summed E-state index contributed by atoms with van der Waals surface area (Å²) < 4.78 is 0. The highest BCUT2D eigenvalue weighted by Gasteiger charge is 2.43. The van der Waals surface area contributed by atoms with Gasteiger partial charge in [0.25, 0.3) is 0 Å². The Labute approximate surface area is 84.1 Å². The summed E-state index contributed by atoms with van der Waals surface area (Å²) in [5.74, 6) is 0. The summed E-state index contributed by atoms with van der Waals surface area (Å²) in [5, 5.41) is 0. The molecular weight excluding hydrogens is 158 g/mol. The molecule has 2 saturated carbocycles. The monoisotopic (exact) mass is 185 g/mol. The molecule has 0 atom stereocenters. The molecule has 2 N–H and O–H groups in total. The lowest BCUT2D eigenvalue weighted by atomic mass is 9.84. The van der Waals surface area contributed by atoms with E-state index in [0.29, 0.717) is 6.04 Å². The largest absolute Gasteiger partial charge is 0.328 e. The smallest absolute Gasteiger partial charge is 0.00392 e. The van der Waals surface area contributed by atoms with Crippen molar-refractivity contribution in [3.63, 3.8) is 0 Å². The van der Waals surface area contributed by atoms with Crippen LogP contribution in [0.15, 0.2) is 0 Å². The van der Waals surface area contributed by atoms with Crippen LogP contribution >= 0.6 is 0 Å². The molecular formula is C12H27N. The van der Waals surface area contributed by atoms with Gasteiger partial charge in [-0.05, 0) is 43.9 Å². The van der Waals surface area contributed by atoms with Gasteiger partial charge in [-0.15, -0.1) is 0 Å². The van der Waals surface area contributed by atoms with Crippen LogP contribution in [0, 0.1) is 5.41 Å². The molecule has 1 heteroatoms. The number of hydrogen-bond acceptors (Lipinski definition) is 1. The molecule has 0 amide bonds. The number of hydrogen-bond donors (Lipinski definition) is 1. The third kappa shape index (κ3) is 4.12. The lowest BCUT2D eigenvalue weighted by Gasteiger charge is -2.25. The van der Waals surface area contributed by atoms with Gasteiger partial charge in [0, 0.05) is 6.04 Å². The van der Waals surface area contributed by atoms with Crippen LogP contribution in [-0.2, 0) is 0 Å². The first-order valence-corrected chi connectivity index (χ1v) is 6.06. The van der Waals surface area contributed by atoms with E-state index in [1.165, 1.54) is 38.5 Å². The zero-order valence-corrected chi connectivity index (χ0v) is 9.90. The van der Waals surface area contributed by atoms with Crippen LogP contribution in [0.3, 0.4) is 0 Å². The van der Waals surface area contributed by atoms with Crippen molar-refractivity contribution in [3.05, 3.63) is 0 Å². The number of nitrogens with two attached hydrogens (primary N) is 1. The third-order valence-corrected chi connectivity index (χ3v) is 3.05. The van der Waals surface area contributed by atoms with Crippen molar-refractivity contribution in [2.45, 2.75) is 72.3 Å². The molecule has 0 unspecified atom stereocenters. The van der Waals surface area contributed by atoms with Crippen LogP contribution in [-0.4, -0.2) is 6.04 Å². The van der Waals surface area contributed by atoms with E-state index in [9.17, 15) is 0 Å². The highest BCUT2D eigenvalue weighted by atomic mass is 14.7. The van der Waals surface area contributed by atoms with Crippen LogP contribution in [0.25, 0.3) is 0 Å².